The van der Waals surface area contributed by atoms with Gasteiger partial charge in [0.05, 0.1) is 5.92 Å². The van der Waals surface area contributed by atoms with Gasteiger partial charge < -0.3 is 16.8 Å². The molecule has 0 bridgehead atoms. The predicted octanol–water partition coefficient (Wildman–Crippen LogP) is 1.74. The first-order chi connectivity index (χ1) is 9.23. The summed E-state index contributed by atoms with van der Waals surface area (Å²) in [7, 11) is 0. The number of benzene rings is 1. The lowest BCUT2D eigenvalue weighted by molar-refractivity contribution is -0.120. The van der Waals surface area contributed by atoms with E-state index >= 15 is 0 Å². The van der Waals surface area contributed by atoms with Crippen LogP contribution in [0.1, 0.15) is 37.6 Å². The van der Waals surface area contributed by atoms with Gasteiger partial charge in [-0.15, -0.1) is 0 Å². The predicted molar refractivity (Wildman–Crippen MR) is 80.2 cm³/mol. The van der Waals surface area contributed by atoms with Gasteiger partial charge in [-0.3, -0.25) is 9.59 Å². The molecule has 0 heterocycles. The maximum absolute atomic E-state index is 12.2. The van der Waals surface area contributed by atoms with Crippen molar-refractivity contribution in [2.24, 2.45) is 22.8 Å². The van der Waals surface area contributed by atoms with Gasteiger partial charge in [-0.25, -0.2) is 0 Å². The molecule has 0 aliphatic carbocycles. The van der Waals surface area contributed by atoms with Gasteiger partial charge >= 0.3 is 0 Å². The molecule has 110 valence electrons. The van der Waals surface area contributed by atoms with E-state index in [2.05, 4.69) is 26.1 Å². The van der Waals surface area contributed by atoms with Crippen LogP contribution in [0.25, 0.3) is 0 Å². The third-order valence-corrected chi connectivity index (χ3v) is 2.95. The summed E-state index contributed by atoms with van der Waals surface area (Å²) in [6, 6.07) is 6.48. The number of nitrogens with two attached hydrogens (primary N) is 2. The molecule has 5 N–H and O–H groups in total. The Kier molecular flexibility index (Phi) is 5.27. The molecule has 0 saturated heterocycles. The third kappa shape index (κ3) is 5.01. The molecule has 0 aliphatic rings. The van der Waals surface area contributed by atoms with E-state index in [0.717, 1.165) is 0 Å². The molecular weight excluding hydrogens is 254 g/mol. The maximum Gasteiger partial charge on any atom is 0.248 e. The molecule has 20 heavy (non-hydrogen) atoms. The van der Waals surface area contributed by atoms with Crippen molar-refractivity contribution in [3.8, 4) is 0 Å². The number of amides is 2. The van der Waals surface area contributed by atoms with Gasteiger partial charge in [0.25, 0.3) is 0 Å². The molecule has 0 fully saturated rings. The van der Waals surface area contributed by atoms with Crippen molar-refractivity contribution < 1.29 is 9.59 Å². The number of hydrogen-bond acceptors (Lipinski definition) is 3. The Morgan fingerprint density at radius 3 is 2.15 bits per heavy atom. The normalized spacial score (nSPS) is 12.8. The smallest absolute Gasteiger partial charge is 0.248 e. The Morgan fingerprint density at radius 1 is 1.20 bits per heavy atom. The number of carbonyl (C=O) groups is 2. The standard InChI is InChI=1S/C15H23N3O2/c1-15(2,3)8-11(9-16)14(20)18-12-6-4-10(5-7-12)13(17)19/h4-7,11H,8-9,16H2,1-3H3,(H2,17,19)(H,18,20). The van der Waals surface area contributed by atoms with Crippen LogP contribution >= 0.6 is 0 Å². The van der Waals surface area contributed by atoms with E-state index in [1.54, 1.807) is 24.3 Å². The highest BCUT2D eigenvalue weighted by Gasteiger charge is 2.23. The zero-order valence-electron chi connectivity index (χ0n) is 12.3. The minimum Gasteiger partial charge on any atom is -0.366 e. The second-order valence-electron chi connectivity index (χ2n) is 6.13. The third-order valence-electron chi connectivity index (χ3n) is 2.95. The van der Waals surface area contributed by atoms with E-state index in [1.807, 2.05) is 0 Å². The molecule has 1 aromatic rings. The van der Waals surface area contributed by atoms with Gasteiger partial charge in [-0.1, -0.05) is 20.8 Å². The van der Waals surface area contributed by atoms with E-state index in [-0.39, 0.29) is 17.2 Å². The van der Waals surface area contributed by atoms with Crippen molar-refractivity contribution in [1.82, 2.24) is 0 Å². The Bertz CT molecular complexity index is 475. The van der Waals surface area contributed by atoms with E-state index in [9.17, 15) is 9.59 Å². The lowest BCUT2D eigenvalue weighted by Gasteiger charge is -2.24. The Hall–Kier alpha value is -1.88. The van der Waals surface area contributed by atoms with Gasteiger partial charge in [-0.05, 0) is 36.1 Å². The summed E-state index contributed by atoms with van der Waals surface area (Å²) >= 11 is 0. The number of rotatable bonds is 5. The molecular formula is C15H23N3O2. The van der Waals surface area contributed by atoms with Crippen LogP contribution in [-0.4, -0.2) is 18.4 Å². The fourth-order valence-corrected chi connectivity index (χ4v) is 1.98. The summed E-state index contributed by atoms with van der Waals surface area (Å²) in [5, 5.41) is 2.81. The van der Waals surface area contributed by atoms with E-state index in [4.69, 9.17) is 11.5 Å². The van der Waals surface area contributed by atoms with Crippen molar-refractivity contribution in [1.29, 1.82) is 0 Å². The number of anilines is 1. The number of nitrogens with one attached hydrogen (secondary N) is 1. The van der Waals surface area contributed by atoms with Crippen molar-refractivity contribution in [2.75, 3.05) is 11.9 Å². The van der Waals surface area contributed by atoms with Crippen molar-refractivity contribution in [3.05, 3.63) is 29.8 Å². The van der Waals surface area contributed by atoms with Crippen LogP contribution in [0.15, 0.2) is 24.3 Å². The zero-order valence-corrected chi connectivity index (χ0v) is 12.3. The molecule has 2 amide bonds. The second kappa shape index (κ2) is 6.52. The van der Waals surface area contributed by atoms with Gasteiger partial charge in [0.2, 0.25) is 11.8 Å². The molecule has 0 aromatic heterocycles. The van der Waals surface area contributed by atoms with Crippen LogP contribution in [0.3, 0.4) is 0 Å². The van der Waals surface area contributed by atoms with E-state index in [0.29, 0.717) is 24.2 Å². The van der Waals surface area contributed by atoms with Crippen molar-refractivity contribution in [3.63, 3.8) is 0 Å². The van der Waals surface area contributed by atoms with Gasteiger partial charge in [0.15, 0.2) is 0 Å². The average molecular weight is 277 g/mol. The molecule has 5 heteroatoms. The largest absolute Gasteiger partial charge is 0.366 e. The fourth-order valence-electron chi connectivity index (χ4n) is 1.98. The van der Waals surface area contributed by atoms with Gasteiger partial charge in [-0.2, -0.15) is 0 Å². The summed E-state index contributed by atoms with van der Waals surface area (Å²) in [6.07, 6.45) is 0.717. The highest BCUT2D eigenvalue weighted by Crippen LogP contribution is 2.24. The van der Waals surface area contributed by atoms with Crippen LogP contribution in [0.2, 0.25) is 0 Å². The highest BCUT2D eigenvalue weighted by atomic mass is 16.2. The minimum atomic E-state index is -0.490. The molecule has 0 saturated carbocycles. The number of hydrogen-bond donors (Lipinski definition) is 3. The molecule has 0 aliphatic heterocycles. The Morgan fingerprint density at radius 2 is 1.75 bits per heavy atom. The zero-order chi connectivity index (χ0) is 15.3. The molecule has 1 atom stereocenters. The van der Waals surface area contributed by atoms with Crippen molar-refractivity contribution >= 4 is 17.5 Å². The Balaban J connectivity index is 2.71. The first-order valence-electron chi connectivity index (χ1n) is 6.64. The lowest BCUT2D eigenvalue weighted by atomic mass is 9.84. The quantitative estimate of drug-likeness (QED) is 0.764. The summed E-state index contributed by atoms with van der Waals surface area (Å²) < 4.78 is 0. The summed E-state index contributed by atoms with van der Waals surface area (Å²) in [4.78, 5) is 23.1. The molecule has 1 rings (SSSR count). The van der Waals surface area contributed by atoms with Gasteiger partial charge in [0, 0.05) is 17.8 Å². The summed E-state index contributed by atoms with van der Waals surface area (Å²) in [5.41, 5.74) is 11.9. The van der Waals surface area contributed by atoms with Crippen molar-refractivity contribution in [2.45, 2.75) is 27.2 Å². The fraction of sp³-hybridized carbons (Fsp3) is 0.467. The topological polar surface area (TPSA) is 98.2 Å². The molecule has 5 nitrogen and oxygen atoms in total. The minimum absolute atomic E-state index is 0.0389. The molecule has 1 unspecified atom stereocenters. The SMILES string of the molecule is CC(C)(C)CC(CN)C(=O)Nc1ccc(C(N)=O)cc1. The van der Waals surface area contributed by atoms with Gasteiger partial charge in [0.1, 0.15) is 0 Å². The van der Waals surface area contributed by atoms with E-state index in [1.165, 1.54) is 0 Å². The first kappa shape index (κ1) is 16.2. The monoisotopic (exact) mass is 277 g/mol. The number of carbonyl (C=O) groups excluding carboxylic acids is 2. The maximum atomic E-state index is 12.2. The molecule has 0 radical (unpaired) electrons. The summed E-state index contributed by atoms with van der Waals surface area (Å²) in [5.74, 6) is -0.824. The van der Waals surface area contributed by atoms with Crippen LogP contribution in [0, 0.1) is 11.3 Å². The molecule has 1 aromatic carbocycles. The van der Waals surface area contributed by atoms with Crippen LogP contribution in [0.5, 0.6) is 0 Å². The van der Waals surface area contributed by atoms with Crippen LogP contribution < -0.4 is 16.8 Å². The van der Waals surface area contributed by atoms with Crippen LogP contribution in [0.4, 0.5) is 5.69 Å². The van der Waals surface area contributed by atoms with E-state index < -0.39 is 5.91 Å². The summed E-state index contributed by atoms with van der Waals surface area (Å²) in [6.45, 7) is 6.53. The molecule has 0 spiro atoms. The second-order valence-corrected chi connectivity index (χ2v) is 6.13. The highest BCUT2D eigenvalue weighted by molar-refractivity contribution is 5.95. The average Bonchev–Trinajstić information content (AvgIpc) is 2.35. The number of primary amides is 1. The van der Waals surface area contributed by atoms with Crippen LogP contribution in [-0.2, 0) is 4.79 Å². The lowest BCUT2D eigenvalue weighted by Crippen LogP contribution is -2.32. The first-order valence-corrected chi connectivity index (χ1v) is 6.64. The Labute approximate surface area is 119 Å².